The highest BCUT2D eigenvalue weighted by atomic mass is 35.5. The minimum Gasteiger partial charge on any atom is -0.481 e. The van der Waals surface area contributed by atoms with Crippen LogP contribution in [0.25, 0.3) is 0 Å². The zero-order valence-corrected chi connectivity index (χ0v) is 9.06. The third kappa shape index (κ3) is 2.48. The van der Waals surface area contributed by atoms with Gasteiger partial charge in [0.05, 0.1) is 6.42 Å². The van der Waals surface area contributed by atoms with Crippen LogP contribution >= 0.6 is 11.6 Å². The quantitative estimate of drug-likeness (QED) is 0.783. The van der Waals surface area contributed by atoms with Crippen molar-refractivity contribution in [2.45, 2.75) is 26.1 Å². The molecule has 0 aromatic heterocycles. The highest BCUT2D eigenvalue weighted by molar-refractivity contribution is 6.17. The fourth-order valence-corrected chi connectivity index (χ4v) is 1.98. The molecule has 0 fully saturated rings. The van der Waals surface area contributed by atoms with Crippen molar-refractivity contribution in [2.75, 3.05) is 0 Å². The molecule has 1 N–H and O–H groups in total. The lowest BCUT2D eigenvalue weighted by molar-refractivity contribution is -0.136. The molecule has 0 heterocycles. The fraction of sp³-hybridized carbons (Fsp3) is 0.364. The molecule has 0 bridgehead atoms. The van der Waals surface area contributed by atoms with Crippen molar-refractivity contribution < 1.29 is 9.90 Å². The van der Waals surface area contributed by atoms with Crippen LogP contribution in [-0.2, 0) is 17.1 Å². The highest BCUT2D eigenvalue weighted by Crippen LogP contribution is 2.19. The molecule has 1 rings (SSSR count). The molecule has 0 amide bonds. The molecule has 0 radical (unpaired) electrons. The van der Waals surface area contributed by atoms with Crippen molar-refractivity contribution in [1.82, 2.24) is 0 Å². The van der Waals surface area contributed by atoms with E-state index in [2.05, 4.69) is 0 Å². The maximum Gasteiger partial charge on any atom is 0.307 e. The Labute approximate surface area is 88.5 Å². The fourth-order valence-electron chi connectivity index (χ4n) is 1.60. The van der Waals surface area contributed by atoms with E-state index < -0.39 is 5.97 Å². The van der Waals surface area contributed by atoms with E-state index >= 15 is 0 Å². The Kier molecular flexibility index (Phi) is 3.53. The van der Waals surface area contributed by atoms with Crippen LogP contribution in [0.5, 0.6) is 0 Å². The summed E-state index contributed by atoms with van der Waals surface area (Å²) in [6.07, 6.45) is 0.0462. The molecule has 0 atom stereocenters. The second-order valence-corrected chi connectivity index (χ2v) is 3.69. The molecule has 0 unspecified atom stereocenters. The van der Waals surface area contributed by atoms with Gasteiger partial charge in [-0.15, -0.1) is 11.6 Å². The van der Waals surface area contributed by atoms with Crippen LogP contribution in [0, 0.1) is 13.8 Å². The van der Waals surface area contributed by atoms with Gasteiger partial charge in [-0.2, -0.15) is 0 Å². The number of aliphatic carboxylic acids is 1. The zero-order chi connectivity index (χ0) is 10.7. The third-order valence-electron chi connectivity index (χ3n) is 2.19. The van der Waals surface area contributed by atoms with Crippen molar-refractivity contribution in [3.8, 4) is 0 Å². The molecule has 0 aliphatic rings. The summed E-state index contributed by atoms with van der Waals surface area (Å²) in [6.45, 7) is 3.91. The van der Waals surface area contributed by atoms with Gasteiger partial charge in [0.2, 0.25) is 0 Å². The van der Waals surface area contributed by atoms with Crippen molar-refractivity contribution >= 4 is 17.6 Å². The highest BCUT2D eigenvalue weighted by Gasteiger charge is 2.09. The molecule has 0 spiro atoms. The van der Waals surface area contributed by atoms with E-state index in [1.54, 1.807) is 0 Å². The molecule has 76 valence electrons. The largest absolute Gasteiger partial charge is 0.481 e. The first kappa shape index (κ1) is 11.1. The lowest BCUT2D eigenvalue weighted by Gasteiger charge is -2.09. The van der Waals surface area contributed by atoms with E-state index in [0.717, 1.165) is 22.3 Å². The van der Waals surface area contributed by atoms with Gasteiger partial charge in [-0.1, -0.05) is 17.7 Å². The van der Waals surface area contributed by atoms with Gasteiger partial charge in [0.25, 0.3) is 0 Å². The topological polar surface area (TPSA) is 37.3 Å². The van der Waals surface area contributed by atoms with Gasteiger partial charge < -0.3 is 5.11 Å². The number of rotatable bonds is 3. The number of aryl methyl sites for hydroxylation is 2. The first-order valence-electron chi connectivity index (χ1n) is 4.41. The van der Waals surface area contributed by atoms with Gasteiger partial charge in [-0.3, -0.25) is 4.79 Å². The average molecular weight is 213 g/mol. The minimum atomic E-state index is -0.818. The number of halogens is 1. The maximum absolute atomic E-state index is 10.6. The van der Waals surface area contributed by atoms with E-state index in [4.69, 9.17) is 16.7 Å². The van der Waals surface area contributed by atoms with Gasteiger partial charge in [0.15, 0.2) is 0 Å². The molecular weight excluding hydrogens is 200 g/mol. The Hall–Kier alpha value is -1.02. The first-order valence-corrected chi connectivity index (χ1v) is 4.94. The number of benzene rings is 1. The molecule has 14 heavy (non-hydrogen) atoms. The summed E-state index contributed by atoms with van der Waals surface area (Å²) >= 11 is 5.78. The van der Waals surface area contributed by atoms with Crippen LogP contribution in [0.4, 0.5) is 0 Å². The summed E-state index contributed by atoms with van der Waals surface area (Å²) in [6, 6.07) is 3.90. The average Bonchev–Trinajstić information content (AvgIpc) is 2.01. The lowest BCUT2D eigenvalue weighted by Crippen LogP contribution is -2.04. The number of hydrogen-bond donors (Lipinski definition) is 1. The molecule has 3 heteroatoms. The second-order valence-electron chi connectivity index (χ2n) is 3.42. The minimum absolute atomic E-state index is 0.0462. The zero-order valence-electron chi connectivity index (χ0n) is 8.30. The van der Waals surface area contributed by atoms with Crippen molar-refractivity contribution in [1.29, 1.82) is 0 Å². The Balaban J connectivity index is 3.17. The van der Waals surface area contributed by atoms with Crippen molar-refractivity contribution in [3.63, 3.8) is 0 Å². The maximum atomic E-state index is 10.6. The molecule has 0 saturated heterocycles. The van der Waals surface area contributed by atoms with E-state index in [0.29, 0.717) is 5.88 Å². The summed E-state index contributed by atoms with van der Waals surface area (Å²) < 4.78 is 0. The van der Waals surface area contributed by atoms with Gasteiger partial charge >= 0.3 is 5.97 Å². The number of hydrogen-bond acceptors (Lipinski definition) is 1. The molecule has 0 saturated carbocycles. The number of alkyl halides is 1. The Morgan fingerprint density at radius 3 is 2.57 bits per heavy atom. The molecule has 1 aromatic rings. The normalized spacial score (nSPS) is 10.2. The van der Waals surface area contributed by atoms with Gasteiger partial charge in [-0.05, 0) is 30.5 Å². The number of carboxylic acid groups (broad SMARTS) is 1. The summed E-state index contributed by atoms with van der Waals surface area (Å²) in [5.74, 6) is -0.448. The second kappa shape index (κ2) is 4.47. The summed E-state index contributed by atoms with van der Waals surface area (Å²) in [5.41, 5.74) is 3.91. The van der Waals surface area contributed by atoms with Crippen LogP contribution in [0.2, 0.25) is 0 Å². The van der Waals surface area contributed by atoms with Crippen LogP contribution in [-0.4, -0.2) is 11.1 Å². The van der Waals surface area contributed by atoms with Crippen LogP contribution < -0.4 is 0 Å². The molecule has 0 aliphatic heterocycles. The van der Waals surface area contributed by atoms with Gasteiger partial charge in [0, 0.05) is 5.88 Å². The summed E-state index contributed by atoms with van der Waals surface area (Å²) in [7, 11) is 0. The molecule has 2 nitrogen and oxygen atoms in total. The summed E-state index contributed by atoms with van der Waals surface area (Å²) in [4.78, 5) is 10.6. The van der Waals surface area contributed by atoms with Crippen LogP contribution in [0.1, 0.15) is 22.3 Å². The molecular formula is C11H13ClO2. The standard InChI is InChI=1S/C11H13ClO2/c1-7-3-8(2)10(6-12)9(4-7)5-11(13)14/h3-4H,5-6H2,1-2H3,(H,13,14). The predicted molar refractivity (Wildman–Crippen MR) is 56.8 cm³/mol. The third-order valence-corrected chi connectivity index (χ3v) is 2.45. The lowest BCUT2D eigenvalue weighted by atomic mass is 9.98. The van der Waals surface area contributed by atoms with Crippen LogP contribution in [0.3, 0.4) is 0 Å². The van der Waals surface area contributed by atoms with Gasteiger partial charge in [-0.25, -0.2) is 0 Å². The monoisotopic (exact) mass is 212 g/mol. The van der Waals surface area contributed by atoms with E-state index in [9.17, 15) is 4.79 Å². The Morgan fingerprint density at radius 2 is 2.07 bits per heavy atom. The van der Waals surface area contributed by atoms with Crippen molar-refractivity contribution in [2.24, 2.45) is 0 Å². The predicted octanol–water partition coefficient (Wildman–Crippen LogP) is 2.67. The van der Waals surface area contributed by atoms with Crippen molar-refractivity contribution in [3.05, 3.63) is 34.4 Å². The van der Waals surface area contributed by atoms with E-state index in [1.165, 1.54) is 0 Å². The Bertz CT molecular complexity index is 359. The van der Waals surface area contributed by atoms with E-state index in [1.807, 2.05) is 26.0 Å². The smallest absolute Gasteiger partial charge is 0.307 e. The molecule has 0 aliphatic carbocycles. The molecule has 1 aromatic carbocycles. The van der Waals surface area contributed by atoms with E-state index in [-0.39, 0.29) is 6.42 Å². The number of carbonyl (C=O) groups is 1. The summed E-state index contributed by atoms with van der Waals surface area (Å²) in [5, 5.41) is 8.73. The Morgan fingerprint density at radius 1 is 1.43 bits per heavy atom. The van der Waals surface area contributed by atoms with Gasteiger partial charge in [0.1, 0.15) is 0 Å². The SMILES string of the molecule is Cc1cc(C)c(CCl)c(CC(=O)O)c1. The first-order chi connectivity index (χ1) is 6.54. The number of carboxylic acids is 1. The van der Waals surface area contributed by atoms with Crippen LogP contribution in [0.15, 0.2) is 12.1 Å².